The molecule has 1 N–H and O–H groups in total. The Balaban J connectivity index is 1.85. The van der Waals surface area contributed by atoms with Gasteiger partial charge in [-0.05, 0) is 31.9 Å². The molecule has 1 saturated carbocycles. The van der Waals surface area contributed by atoms with Gasteiger partial charge in [0, 0.05) is 18.8 Å². The van der Waals surface area contributed by atoms with Crippen LogP contribution in [0, 0.1) is 13.8 Å². The summed E-state index contributed by atoms with van der Waals surface area (Å²) in [5.74, 6) is 0.945. The SMILES string of the molecule is Cc1ccc(C(=O)NC2(c3noc(C)n3)CCCC2)cn1. The molecule has 6 nitrogen and oxygen atoms in total. The van der Waals surface area contributed by atoms with E-state index in [1.54, 1.807) is 19.2 Å². The molecular formula is C15H18N4O2. The molecule has 0 radical (unpaired) electrons. The van der Waals surface area contributed by atoms with Crippen LogP contribution in [0.5, 0.6) is 0 Å². The van der Waals surface area contributed by atoms with Gasteiger partial charge in [-0.1, -0.05) is 18.0 Å². The summed E-state index contributed by atoms with van der Waals surface area (Å²) in [4.78, 5) is 20.9. The van der Waals surface area contributed by atoms with Gasteiger partial charge in [0.05, 0.1) is 5.56 Å². The first-order valence-electron chi connectivity index (χ1n) is 7.15. The lowest BCUT2D eigenvalue weighted by molar-refractivity contribution is 0.0891. The fourth-order valence-corrected chi connectivity index (χ4v) is 2.77. The van der Waals surface area contributed by atoms with Gasteiger partial charge in [-0.3, -0.25) is 9.78 Å². The molecule has 3 rings (SSSR count). The van der Waals surface area contributed by atoms with Gasteiger partial charge in [0.1, 0.15) is 5.54 Å². The first kappa shape index (κ1) is 13.7. The fourth-order valence-electron chi connectivity index (χ4n) is 2.77. The monoisotopic (exact) mass is 286 g/mol. The molecule has 0 saturated heterocycles. The average Bonchev–Trinajstić information content (AvgIpc) is 3.09. The molecule has 1 fully saturated rings. The second-order valence-electron chi connectivity index (χ2n) is 5.57. The molecule has 0 spiro atoms. The summed E-state index contributed by atoms with van der Waals surface area (Å²) in [6.07, 6.45) is 5.34. The number of nitrogens with zero attached hydrogens (tertiary/aromatic N) is 3. The quantitative estimate of drug-likeness (QED) is 0.936. The van der Waals surface area contributed by atoms with E-state index in [9.17, 15) is 4.79 Å². The van der Waals surface area contributed by atoms with Crippen LogP contribution in [-0.2, 0) is 5.54 Å². The summed E-state index contributed by atoms with van der Waals surface area (Å²) in [6.45, 7) is 3.65. The second-order valence-corrected chi connectivity index (χ2v) is 5.57. The van der Waals surface area contributed by atoms with E-state index in [4.69, 9.17) is 4.52 Å². The molecule has 1 amide bonds. The third-order valence-electron chi connectivity index (χ3n) is 3.94. The lowest BCUT2D eigenvalue weighted by Gasteiger charge is -2.26. The van der Waals surface area contributed by atoms with Gasteiger partial charge in [-0.15, -0.1) is 0 Å². The summed E-state index contributed by atoms with van der Waals surface area (Å²) < 4.78 is 5.08. The highest BCUT2D eigenvalue weighted by atomic mass is 16.5. The Kier molecular flexibility index (Phi) is 3.45. The van der Waals surface area contributed by atoms with Crippen LogP contribution in [0.1, 0.15) is 53.5 Å². The number of rotatable bonds is 3. The van der Waals surface area contributed by atoms with E-state index in [0.717, 1.165) is 31.4 Å². The van der Waals surface area contributed by atoms with Gasteiger partial charge in [-0.25, -0.2) is 0 Å². The first-order valence-corrected chi connectivity index (χ1v) is 7.15. The smallest absolute Gasteiger partial charge is 0.253 e. The standard InChI is InChI=1S/C15H18N4O2/c1-10-5-6-12(9-16-10)13(20)18-15(7-3-4-8-15)14-17-11(2)21-19-14/h5-6,9H,3-4,7-8H2,1-2H3,(H,18,20). The van der Waals surface area contributed by atoms with Gasteiger partial charge in [0.2, 0.25) is 5.89 Å². The second kappa shape index (κ2) is 5.27. The van der Waals surface area contributed by atoms with Crippen LogP contribution in [0.2, 0.25) is 0 Å². The number of amides is 1. The molecule has 0 bridgehead atoms. The number of nitrogens with one attached hydrogen (secondary N) is 1. The Hall–Kier alpha value is -2.24. The van der Waals surface area contributed by atoms with Gasteiger partial charge >= 0.3 is 0 Å². The van der Waals surface area contributed by atoms with Gasteiger partial charge in [0.15, 0.2) is 5.82 Å². The van der Waals surface area contributed by atoms with Crippen LogP contribution < -0.4 is 5.32 Å². The molecule has 110 valence electrons. The topological polar surface area (TPSA) is 80.9 Å². The van der Waals surface area contributed by atoms with Crippen molar-refractivity contribution in [2.45, 2.75) is 45.1 Å². The normalized spacial score (nSPS) is 16.9. The Labute approximate surface area is 123 Å². The molecule has 0 atom stereocenters. The third-order valence-corrected chi connectivity index (χ3v) is 3.94. The van der Waals surface area contributed by atoms with Crippen LogP contribution in [0.25, 0.3) is 0 Å². The van der Waals surface area contributed by atoms with Crippen LogP contribution >= 0.6 is 0 Å². The van der Waals surface area contributed by atoms with E-state index >= 15 is 0 Å². The minimum absolute atomic E-state index is 0.146. The van der Waals surface area contributed by atoms with Crippen molar-refractivity contribution in [3.8, 4) is 0 Å². The van der Waals surface area contributed by atoms with E-state index in [-0.39, 0.29) is 5.91 Å². The van der Waals surface area contributed by atoms with Crippen LogP contribution in [0.4, 0.5) is 0 Å². The highest BCUT2D eigenvalue weighted by Gasteiger charge is 2.41. The lowest BCUT2D eigenvalue weighted by atomic mass is 9.96. The Morgan fingerprint density at radius 3 is 2.62 bits per heavy atom. The molecule has 1 aliphatic rings. The number of hydrogen-bond acceptors (Lipinski definition) is 5. The Bertz CT molecular complexity index is 642. The molecule has 1 aliphatic carbocycles. The zero-order chi connectivity index (χ0) is 14.9. The van der Waals surface area contributed by atoms with Crippen LogP contribution in [-0.4, -0.2) is 21.0 Å². The first-order chi connectivity index (χ1) is 10.1. The van der Waals surface area contributed by atoms with Crippen molar-refractivity contribution in [1.29, 1.82) is 0 Å². The Morgan fingerprint density at radius 1 is 1.29 bits per heavy atom. The summed E-state index contributed by atoms with van der Waals surface area (Å²) >= 11 is 0. The van der Waals surface area contributed by atoms with Gasteiger partial charge in [0.25, 0.3) is 5.91 Å². The predicted molar refractivity (Wildman–Crippen MR) is 75.6 cm³/mol. The van der Waals surface area contributed by atoms with Crippen molar-refractivity contribution < 1.29 is 9.32 Å². The summed E-state index contributed by atoms with van der Waals surface area (Å²) in [5.41, 5.74) is 0.919. The van der Waals surface area contributed by atoms with Crippen LogP contribution in [0.3, 0.4) is 0 Å². The molecular weight excluding hydrogens is 268 g/mol. The maximum atomic E-state index is 12.5. The zero-order valence-electron chi connectivity index (χ0n) is 12.2. The van der Waals surface area contributed by atoms with Crippen LogP contribution in [0.15, 0.2) is 22.9 Å². The number of aryl methyl sites for hydroxylation is 2. The van der Waals surface area contributed by atoms with Crippen molar-refractivity contribution in [3.63, 3.8) is 0 Å². The minimum atomic E-state index is -0.514. The predicted octanol–water partition coefficient (Wildman–Crippen LogP) is 2.28. The molecule has 6 heteroatoms. The van der Waals surface area contributed by atoms with Crippen molar-refractivity contribution in [3.05, 3.63) is 41.3 Å². The number of hydrogen-bond donors (Lipinski definition) is 1. The molecule has 21 heavy (non-hydrogen) atoms. The highest BCUT2D eigenvalue weighted by Crippen LogP contribution is 2.37. The molecule has 0 unspecified atom stereocenters. The zero-order valence-corrected chi connectivity index (χ0v) is 12.2. The summed E-state index contributed by atoms with van der Waals surface area (Å²) in [7, 11) is 0. The molecule has 0 aliphatic heterocycles. The summed E-state index contributed by atoms with van der Waals surface area (Å²) in [5, 5.41) is 7.11. The van der Waals surface area contributed by atoms with E-state index in [2.05, 4.69) is 20.4 Å². The fraction of sp³-hybridized carbons (Fsp3) is 0.467. The summed E-state index contributed by atoms with van der Waals surface area (Å²) in [6, 6.07) is 3.61. The molecule has 2 aromatic rings. The molecule has 2 heterocycles. The number of aromatic nitrogens is 3. The van der Waals surface area contributed by atoms with E-state index in [1.165, 1.54) is 0 Å². The van der Waals surface area contributed by atoms with Crippen molar-refractivity contribution in [1.82, 2.24) is 20.4 Å². The average molecular weight is 286 g/mol. The number of pyridine rings is 1. The maximum Gasteiger partial charge on any atom is 0.253 e. The van der Waals surface area contributed by atoms with Crippen molar-refractivity contribution >= 4 is 5.91 Å². The third kappa shape index (κ3) is 2.66. The maximum absolute atomic E-state index is 12.5. The number of carbonyl (C=O) groups is 1. The largest absolute Gasteiger partial charge is 0.340 e. The van der Waals surface area contributed by atoms with Gasteiger partial charge < -0.3 is 9.84 Å². The molecule has 2 aromatic heterocycles. The van der Waals surface area contributed by atoms with E-state index in [1.807, 2.05) is 13.0 Å². The lowest BCUT2D eigenvalue weighted by Crippen LogP contribution is -2.44. The Morgan fingerprint density at radius 2 is 2.05 bits per heavy atom. The van der Waals surface area contributed by atoms with Crippen molar-refractivity contribution in [2.75, 3.05) is 0 Å². The van der Waals surface area contributed by atoms with Crippen molar-refractivity contribution in [2.24, 2.45) is 0 Å². The van der Waals surface area contributed by atoms with E-state index < -0.39 is 5.54 Å². The minimum Gasteiger partial charge on any atom is -0.340 e. The number of carbonyl (C=O) groups excluding carboxylic acids is 1. The van der Waals surface area contributed by atoms with E-state index in [0.29, 0.717) is 17.3 Å². The molecule has 0 aromatic carbocycles. The van der Waals surface area contributed by atoms with Gasteiger partial charge in [-0.2, -0.15) is 4.98 Å². The highest BCUT2D eigenvalue weighted by molar-refractivity contribution is 5.94.